The van der Waals surface area contributed by atoms with Crippen LogP contribution in [0.2, 0.25) is 5.02 Å². The van der Waals surface area contributed by atoms with Crippen LogP contribution in [0, 0.1) is 6.92 Å². The highest BCUT2D eigenvalue weighted by Crippen LogP contribution is 2.27. The van der Waals surface area contributed by atoms with Crippen molar-refractivity contribution in [1.82, 2.24) is 10.1 Å². The number of nitrogens with one attached hydrogen (secondary N) is 2. The molecule has 2 amide bonds. The standard InChI is InChI=1S/C17H21ClN4O4/c1-10-7-15(21-26-10)20-16(23)9-22(3)11(2)17(24)19-12-5-6-14(25-4)13(18)8-12/h5-8,11H,9H2,1-4H3,(H,19,24)(H,20,21,23). The molecule has 0 saturated heterocycles. The molecule has 1 heterocycles. The highest BCUT2D eigenvalue weighted by atomic mass is 35.5. The van der Waals surface area contributed by atoms with E-state index in [1.54, 1.807) is 50.1 Å². The second-order valence-electron chi connectivity index (χ2n) is 5.80. The van der Waals surface area contributed by atoms with Gasteiger partial charge in [-0.1, -0.05) is 16.8 Å². The van der Waals surface area contributed by atoms with Gasteiger partial charge in [0, 0.05) is 11.8 Å². The summed E-state index contributed by atoms with van der Waals surface area (Å²) in [6.45, 7) is 3.45. The molecule has 2 rings (SSSR count). The summed E-state index contributed by atoms with van der Waals surface area (Å²) in [4.78, 5) is 26.0. The number of hydrogen-bond donors (Lipinski definition) is 2. The molecule has 26 heavy (non-hydrogen) atoms. The molecule has 1 atom stereocenters. The smallest absolute Gasteiger partial charge is 0.241 e. The number of benzene rings is 1. The third-order valence-corrected chi connectivity index (χ3v) is 4.04. The van der Waals surface area contributed by atoms with Crippen LogP contribution in [0.5, 0.6) is 5.75 Å². The summed E-state index contributed by atoms with van der Waals surface area (Å²) in [6.07, 6.45) is 0. The summed E-state index contributed by atoms with van der Waals surface area (Å²) < 4.78 is 9.96. The Balaban J connectivity index is 1.90. The van der Waals surface area contributed by atoms with Gasteiger partial charge in [0.25, 0.3) is 0 Å². The van der Waals surface area contributed by atoms with Crippen LogP contribution in [0.25, 0.3) is 0 Å². The summed E-state index contributed by atoms with van der Waals surface area (Å²) in [6, 6.07) is 6.03. The van der Waals surface area contributed by atoms with Crippen molar-refractivity contribution in [2.45, 2.75) is 19.9 Å². The second kappa shape index (κ2) is 8.68. The van der Waals surface area contributed by atoms with Crippen molar-refractivity contribution in [3.05, 3.63) is 35.0 Å². The molecular weight excluding hydrogens is 360 g/mol. The van der Waals surface area contributed by atoms with Crippen LogP contribution in [-0.2, 0) is 9.59 Å². The first-order valence-electron chi connectivity index (χ1n) is 7.88. The molecule has 0 aliphatic carbocycles. The van der Waals surface area contributed by atoms with Crippen molar-refractivity contribution in [3.8, 4) is 5.75 Å². The molecule has 1 aromatic heterocycles. The summed E-state index contributed by atoms with van der Waals surface area (Å²) in [5.74, 6) is 0.895. The number of aromatic nitrogens is 1. The van der Waals surface area contributed by atoms with Crippen molar-refractivity contribution >= 4 is 34.9 Å². The number of nitrogens with zero attached hydrogens (tertiary/aromatic N) is 2. The Bertz CT molecular complexity index is 793. The van der Waals surface area contributed by atoms with Crippen molar-refractivity contribution in [1.29, 1.82) is 0 Å². The Morgan fingerprint density at radius 3 is 2.65 bits per heavy atom. The van der Waals surface area contributed by atoms with Gasteiger partial charge in [-0.15, -0.1) is 0 Å². The quantitative estimate of drug-likeness (QED) is 0.766. The Morgan fingerprint density at radius 2 is 2.08 bits per heavy atom. The molecule has 2 N–H and O–H groups in total. The SMILES string of the molecule is COc1ccc(NC(=O)C(C)N(C)CC(=O)Nc2cc(C)on2)cc1Cl. The number of likely N-dealkylation sites (N-methyl/N-ethyl adjacent to an activating group) is 1. The molecule has 1 aromatic carbocycles. The highest BCUT2D eigenvalue weighted by molar-refractivity contribution is 6.32. The number of halogens is 1. The minimum Gasteiger partial charge on any atom is -0.495 e. The van der Waals surface area contributed by atoms with E-state index in [-0.39, 0.29) is 18.4 Å². The largest absolute Gasteiger partial charge is 0.495 e. The third kappa shape index (κ3) is 5.21. The summed E-state index contributed by atoms with van der Waals surface area (Å²) in [5, 5.41) is 9.46. The number of methoxy groups -OCH3 is 1. The number of amides is 2. The van der Waals surface area contributed by atoms with Crippen molar-refractivity contribution < 1.29 is 18.8 Å². The molecule has 0 fully saturated rings. The van der Waals surface area contributed by atoms with Crippen LogP contribution >= 0.6 is 11.6 Å². The molecule has 9 heteroatoms. The van der Waals surface area contributed by atoms with Gasteiger partial charge < -0.3 is 19.9 Å². The van der Waals surface area contributed by atoms with Gasteiger partial charge in [0.05, 0.1) is 24.7 Å². The average molecular weight is 381 g/mol. The van der Waals surface area contributed by atoms with Gasteiger partial charge in [-0.2, -0.15) is 0 Å². The van der Waals surface area contributed by atoms with Gasteiger partial charge in [-0.05, 0) is 39.1 Å². The van der Waals surface area contributed by atoms with Crippen LogP contribution in [0.1, 0.15) is 12.7 Å². The zero-order valence-electron chi connectivity index (χ0n) is 15.0. The first-order chi connectivity index (χ1) is 12.3. The van der Waals surface area contributed by atoms with Crippen LogP contribution in [0.15, 0.2) is 28.8 Å². The van der Waals surface area contributed by atoms with E-state index >= 15 is 0 Å². The number of carbonyl (C=O) groups excluding carboxylic acids is 2. The topological polar surface area (TPSA) is 96.7 Å². The molecule has 0 aliphatic rings. The molecule has 0 aliphatic heterocycles. The van der Waals surface area contributed by atoms with Gasteiger partial charge in [-0.3, -0.25) is 14.5 Å². The number of rotatable bonds is 7. The second-order valence-corrected chi connectivity index (χ2v) is 6.21. The van der Waals surface area contributed by atoms with Gasteiger partial charge in [-0.25, -0.2) is 0 Å². The number of hydrogen-bond acceptors (Lipinski definition) is 6. The average Bonchev–Trinajstić information content (AvgIpc) is 2.98. The van der Waals surface area contributed by atoms with Crippen LogP contribution in [0.4, 0.5) is 11.5 Å². The van der Waals surface area contributed by atoms with E-state index in [1.807, 2.05) is 0 Å². The Hall–Kier alpha value is -2.58. The first kappa shape index (κ1) is 19.7. The summed E-state index contributed by atoms with van der Waals surface area (Å²) >= 11 is 6.05. The van der Waals surface area contributed by atoms with Crippen molar-refractivity contribution in [2.24, 2.45) is 0 Å². The number of aryl methyl sites for hydroxylation is 1. The van der Waals surface area contributed by atoms with E-state index in [9.17, 15) is 9.59 Å². The van der Waals surface area contributed by atoms with Gasteiger partial charge in [0.1, 0.15) is 11.5 Å². The lowest BCUT2D eigenvalue weighted by molar-refractivity contribution is -0.122. The molecule has 1 unspecified atom stereocenters. The van der Waals surface area contributed by atoms with Crippen LogP contribution in [-0.4, -0.2) is 48.6 Å². The fourth-order valence-electron chi connectivity index (χ4n) is 2.16. The minimum atomic E-state index is -0.541. The normalized spacial score (nSPS) is 11.9. The molecule has 2 aromatic rings. The molecule has 0 bridgehead atoms. The van der Waals surface area contributed by atoms with E-state index < -0.39 is 6.04 Å². The Labute approximate surface area is 156 Å². The predicted octanol–water partition coefficient (Wildman–Crippen LogP) is 2.54. The maximum atomic E-state index is 12.4. The summed E-state index contributed by atoms with van der Waals surface area (Å²) in [7, 11) is 3.20. The van der Waals surface area contributed by atoms with E-state index in [4.69, 9.17) is 20.9 Å². The molecule has 0 spiro atoms. The molecule has 0 saturated carbocycles. The van der Waals surface area contributed by atoms with E-state index in [2.05, 4.69) is 15.8 Å². The van der Waals surface area contributed by atoms with Crippen LogP contribution < -0.4 is 15.4 Å². The lowest BCUT2D eigenvalue weighted by Gasteiger charge is -2.23. The third-order valence-electron chi connectivity index (χ3n) is 3.75. The van der Waals surface area contributed by atoms with Gasteiger partial charge in [0.15, 0.2) is 5.82 Å². The first-order valence-corrected chi connectivity index (χ1v) is 8.25. The fraction of sp³-hybridized carbons (Fsp3) is 0.353. The summed E-state index contributed by atoms with van der Waals surface area (Å²) in [5.41, 5.74) is 0.545. The zero-order valence-corrected chi connectivity index (χ0v) is 15.8. The number of carbonyl (C=O) groups is 2. The lowest BCUT2D eigenvalue weighted by Crippen LogP contribution is -2.43. The zero-order chi connectivity index (χ0) is 19.3. The molecule has 140 valence electrons. The van der Waals surface area contributed by atoms with Crippen molar-refractivity contribution in [2.75, 3.05) is 31.3 Å². The Kier molecular flexibility index (Phi) is 6.59. The predicted molar refractivity (Wildman–Crippen MR) is 98.6 cm³/mol. The number of ether oxygens (including phenoxy) is 1. The number of anilines is 2. The maximum Gasteiger partial charge on any atom is 0.241 e. The van der Waals surface area contributed by atoms with E-state index in [0.29, 0.717) is 28.0 Å². The fourth-order valence-corrected chi connectivity index (χ4v) is 2.42. The highest BCUT2D eigenvalue weighted by Gasteiger charge is 2.21. The monoisotopic (exact) mass is 380 g/mol. The lowest BCUT2D eigenvalue weighted by atomic mass is 10.2. The van der Waals surface area contributed by atoms with Gasteiger partial charge in [0.2, 0.25) is 11.8 Å². The molecular formula is C17H21ClN4O4. The molecule has 0 radical (unpaired) electrons. The van der Waals surface area contributed by atoms with Crippen molar-refractivity contribution in [3.63, 3.8) is 0 Å². The minimum absolute atomic E-state index is 0.0177. The van der Waals surface area contributed by atoms with E-state index in [1.165, 1.54) is 7.11 Å². The Morgan fingerprint density at radius 1 is 1.35 bits per heavy atom. The van der Waals surface area contributed by atoms with E-state index in [0.717, 1.165) is 0 Å². The molecule has 8 nitrogen and oxygen atoms in total. The van der Waals surface area contributed by atoms with Crippen LogP contribution in [0.3, 0.4) is 0 Å². The maximum absolute atomic E-state index is 12.4. The van der Waals surface area contributed by atoms with Gasteiger partial charge >= 0.3 is 0 Å².